The Hall–Kier alpha value is -2.53. The number of rotatable bonds is 5. The van der Waals surface area contributed by atoms with Crippen molar-refractivity contribution in [2.75, 3.05) is 5.88 Å². The van der Waals surface area contributed by atoms with Gasteiger partial charge >= 0.3 is 5.97 Å². The van der Waals surface area contributed by atoms with E-state index < -0.39 is 5.97 Å². The van der Waals surface area contributed by atoms with E-state index in [1.165, 1.54) is 6.07 Å². The van der Waals surface area contributed by atoms with Crippen LogP contribution < -0.4 is 10.5 Å². The zero-order valence-corrected chi connectivity index (χ0v) is 11.7. The molecular weight excluding hydrogens is 292 g/mol. The quantitative estimate of drug-likeness (QED) is 0.503. The fourth-order valence-electron chi connectivity index (χ4n) is 1.64. The van der Waals surface area contributed by atoms with Crippen LogP contribution in [0.5, 0.6) is 11.5 Å². The molecule has 0 bridgehead atoms. The molecule has 0 fully saturated rings. The van der Waals surface area contributed by atoms with Gasteiger partial charge in [0.2, 0.25) is 0 Å². The lowest BCUT2D eigenvalue weighted by atomic mass is 10.2. The lowest BCUT2D eigenvalue weighted by Gasteiger charge is -2.08. The summed E-state index contributed by atoms with van der Waals surface area (Å²) in [6, 6.07) is 13.2. The van der Waals surface area contributed by atoms with Gasteiger partial charge in [-0.2, -0.15) is 0 Å². The van der Waals surface area contributed by atoms with Crippen molar-refractivity contribution in [1.29, 1.82) is 0 Å². The molecule has 0 spiro atoms. The minimum Gasteiger partial charge on any atom is -0.478 e. The van der Waals surface area contributed by atoms with Gasteiger partial charge in [0.25, 0.3) is 0 Å². The molecule has 2 rings (SSSR count). The standard InChI is InChI=1S/C15H13ClN2O3/c16-9-14(17)18-10-5-7-11(8-6-10)21-13-4-2-1-3-12(13)15(19)20/h1-8H,9H2,(H2,17,18)(H,19,20). The molecule has 3 N–H and O–H groups in total. The van der Waals surface area contributed by atoms with Crippen molar-refractivity contribution in [3.05, 3.63) is 54.1 Å². The predicted octanol–water partition coefficient (Wildman–Crippen LogP) is 3.40. The molecular formula is C15H13ClN2O3. The number of halogens is 1. The second-order valence-electron chi connectivity index (χ2n) is 4.13. The molecule has 0 radical (unpaired) electrons. The first-order chi connectivity index (χ1) is 10.1. The Kier molecular flexibility index (Phi) is 4.79. The van der Waals surface area contributed by atoms with Gasteiger partial charge < -0.3 is 15.6 Å². The third-order valence-electron chi connectivity index (χ3n) is 2.59. The molecule has 0 atom stereocenters. The number of carboxylic acids is 1. The van der Waals surface area contributed by atoms with E-state index in [1.54, 1.807) is 42.5 Å². The second-order valence-corrected chi connectivity index (χ2v) is 4.40. The van der Waals surface area contributed by atoms with E-state index in [0.717, 1.165) is 0 Å². The minimum absolute atomic E-state index is 0.103. The Bertz CT molecular complexity index is 669. The predicted molar refractivity (Wildman–Crippen MR) is 81.9 cm³/mol. The highest BCUT2D eigenvalue weighted by molar-refractivity contribution is 6.28. The van der Waals surface area contributed by atoms with Crippen LogP contribution >= 0.6 is 11.6 Å². The molecule has 0 aliphatic carbocycles. The number of amidine groups is 1. The first kappa shape index (κ1) is 14.9. The molecule has 5 nitrogen and oxygen atoms in total. The first-order valence-corrected chi connectivity index (χ1v) is 6.63. The van der Waals surface area contributed by atoms with E-state index in [-0.39, 0.29) is 17.2 Å². The molecule has 21 heavy (non-hydrogen) atoms. The van der Waals surface area contributed by atoms with Gasteiger partial charge in [-0.3, -0.25) is 0 Å². The van der Waals surface area contributed by atoms with Crippen molar-refractivity contribution in [2.24, 2.45) is 10.7 Å². The highest BCUT2D eigenvalue weighted by Gasteiger charge is 2.10. The van der Waals surface area contributed by atoms with Crippen LogP contribution in [0.15, 0.2) is 53.5 Å². The van der Waals surface area contributed by atoms with Gasteiger partial charge in [-0.25, -0.2) is 9.79 Å². The maximum absolute atomic E-state index is 11.1. The van der Waals surface area contributed by atoms with Crippen LogP contribution in [-0.2, 0) is 0 Å². The van der Waals surface area contributed by atoms with E-state index in [1.807, 2.05) is 0 Å². The van der Waals surface area contributed by atoms with Gasteiger partial charge in [0.1, 0.15) is 22.9 Å². The van der Waals surface area contributed by atoms with Gasteiger partial charge in [-0.05, 0) is 36.4 Å². The van der Waals surface area contributed by atoms with Crippen molar-refractivity contribution < 1.29 is 14.6 Å². The molecule has 0 aliphatic rings. The number of para-hydroxylation sites is 1. The first-order valence-electron chi connectivity index (χ1n) is 6.09. The number of hydrogen-bond acceptors (Lipinski definition) is 3. The van der Waals surface area contributed by atoms with Crippen LogP contribution in [-0.4, -0.2) is 22.8 Å². The molecule has 6 heteroatoms. The van der Waals surface area contributed by atoms with E-state index in [9.17, 15) is 4.79 Å². The molecule has 0 unspecified atom stereocenters. The molecule has 0 aromatic heterocycles. The molecule has 0 amide bonds. The molecule has 0 aliphatic heterocycles. The third kappa shape index (κ3) is 3.97. The minimum atomic E-state index is -1.04. The van der Waals surface area contributed by atoms with Crippen LogP contribution in [0.2, 0.25) is 0 Å². The molecule has 2 aromatic carbocycles. The number of carboxylic acid groups (broad SMARTS) is 1. The average Bonchev–Trinajstić information content (AvgIpc) is 2.49. The highest BCUT2D eigenvalue weighted by Crippen LogP contribution is 2.26. The number of carbonyl (C=O) groups is 1. The highest BCUT2D eigenvalue weighted by atomic mass is 35.5. The van der Waals surface area contributed by atoms with E-state index in [0.29, 0.717) is 17.3 Å². The summed E-state index contributed by atoms with van der Waals surface area (Å²) >= 11 is 5.55. The van der Waals surface area contributed by atoms with Crippen molar-refractivity contribution in [3.8, 4) is 11.5 Å². The monoisotopic (exact) mass is 304 g/mol. The Morgan fingerprint density at radius 1 is 1.19 bits per heavy atom. The molecule has 2 aromatic rings. The zero-order chi connectivity index (χ0) is 15.2. The third-order valence-corrected chi connectivity index (χ3v) is 2.87. The van der Waals surface area contributed by atoms with Crippen LogP contribution in [0.4, 0.5) is 5.69 Å². The van der Waals surface area contributed by atoms with Crippen LogP contribution in [0.25, 0.3) is 0 Å². The SMILES string of the molecule is NC(CCl)=Nc1ccc(Oc2ccccc2C(=O)O)cc1. The van der Waals surface area contributed by atoms with Crippen molar-refractivity contribution in [3.63, 3.8) is 0 Å². The van der Waals surface area contributed by atoms with E-state index in [4.69, 9.17) is 27.2 Å². The summed E-state index contributed by atoms with van der Waals surface area (Å²) in [5.74, 6) is 0.224. The lowest BCUT2D eigenvalue weighted by molar-refractivity contribution is 0.0694. The molecule has 108 valence electrons. The second kappa shape index (κ2) is 6.76. The smallest absolute Gasteiger partial charge is 0.339 e. The van der Waals surface area contributed by atoms with Crippen molar-refractivity contribution in [1.82, 2.24) is 0 Å². The summed E-state index contributed by atoms with van der Waals surface area (Å²) in [5.41, 5.74) is 6.29. The Balaban J connectivity index is 2.20. The number of ether oxygens (including phenoxy) is 1. The molecule has 0 saturated heterocycles. The number of benzene rings is 2. The fraction of sp³-hybridized carbons (Fsp3) is 0.0667. The van der Waals surface area contributed by atoms with Crippen molar-refractivity contribution >= 4 is 29.1 Å². The summed E-state index contributed by atoms with van der Waals surface area (Å²) in [7, 11) is 0. The van der Waals surface area contributed by atoms with Crippen molar-refractivity contribution in [2.45, 2.75) is 0 Å². The number of nitrogens with zero attached hydrogens (tertiary/aromatic N) is 1. The fourth-order valence-corrected chi connectivity index (χ4v) is 1.70. The van der Waals surface area contributed by atoms with Gasteiger partial charge in [-0.15, -0.1) is 11.6 Å². The average molecular weight is 305 g/mol. The number of aliphatic imine (C=N–C) groups is 1. The molecule has 0 heterocycles. The van der Waals surface area contributed by atoms with Gasteiger partial charge in [0.15, 0.2) is 0 Å². The largest absolute Gasteiger partial charge is 0.478 e. The maximum atomic E-state index is 11.1. The van der Waals surface area contributed by atoms with E-state index in [2.05, 4.69) is 4.99 Å². The van der Waals surface area contributed by atoms with Gasteiger partial charge in [0.05, 0.1) is 11.6 Å². The van der Waals surface area contributed by atoms with Gasteiger partial charge in [-0.1, -0.05) is 12.1 Å². The van der Waals surface area contributed by atoms with Crippen LogP contribution in [0.3, 0.4) is 0 Å². The summed E-state index contributed by atoms with van der Waals surface area (Å²) in [5, 5.41) is 9.09. The molecule has 0 saturated carbocycles. The Morgan fingerprint density at radius 3 is 2.48 bits per heavy atom. The number of hydrogen-bond donors (Lipinski definition) is 2. The maximum Gasteiger partial charge on any atom is 0.339 e. The van der Waals surface area contributed by atoms with E-state index >= 15 is 0 Å². The topological polar surface area (TPSA) is 84.9 Å². The van der Waals surface area contributed by atoms with Gasteiger partial charge in [0, 0.05) is 0 Å². The number of aromatic carboxylic acids is 1. The Labute approximate surface area is 126 Å². The van der Waals surface area contributed by atoms with Crippen LogP contribution in [0.1, 0.15) is 10.4 Å². The normalized spacial score (nSPS) is 11.2. The van der Waals surface area contributed by atoms with Crippen LogP contribution in [0, 0.1) is 0 Å². The Morgan fingerprint density at radius 2 is 1.86 bits per heavy atom. The zero-order valence-electron chi connectivity index (χ0n) is 11.0. The summed E-state index contributed by atoms with van der Waals surface area (Å²) in [6.45, 7) is 0. The lowest BCUT2D eigenvalue weighted by Crippen LogP contribution is -2.12. The number of alkyl halides is 1. The summed E-state index contributed by atoms with van der Waals surface area (Å²) in [4.78, 5) is 15.2. The summed E-state index contributed by atoms with van der Waals surface area (Å²) in [6.07, 6.45) is 0. The summed E-state index contributed by atoms with van der Waals surface area (Å²) < 4.78 is 5.57. The number of nitrogens with two attached hydrogens (primary N) is 1.